The second-order valence-electron chi connectivity index (χ2n) is 5.39. The van der Waals surface area contributed by atoms with Gasteiger partial charge in [0.05, 0.1) is 25.7 Å². The van der Waals surface area contributed by atoms with Crippen LogP contribution in [0, 0.1) is 0 Å². The molecule has 0 amide bonds. The zero-order valence-corrected chi connectivity index (χ0v) is 14.6. The van der Waals surface area contributed by atoms with Gasteiger partial charge in [-0.1, -0.05) is 30.3 Å². The highest BCUT2D eigenvalue weighted by atomic mass is 79.9. The third-order valence-corrected chi connectivity index (χ3v) is 4.75. The van der Waals surface area contributed by atoms with Gasteiger partial charge in [-0.2, -0.15) is 0 Å². The van der Waals surface area contributed by atoms with Crippen LogP contribution >= 0.6 is 0 Å². The summed E-state index contributed by atoms with van der Waals surface area (Å²) in [5.74, 6) is 0. The van der Waals surface area contributed by atoms with E-state index in [2.05, 4.69) is 58.0 Å². The van der Waals surface area contributed by atoms with Crippen molar-refractivity contribution in [3.63, 3.8) is 0 Å². The molecule has 19 heavy (non-hydrogen) atoms. The van der Waals surface area contributed by atoms with Crippen molar-refractivity contribution in [1.82, 2.24) is 0 Å². The lowest BCUT2D eigenvalue weighted by Gasteiger charge is -2.41. The van der Waals surface area contributed by atoms with Crippen molar-refractivity contribution < 1.29 is 21.5 Å². The molecule has 1 aromatic rings. The Bertz CT molecular complexity index is 311. The van der Waals surface area contributed by atoms with E-state index in [-0.39, 0.29) is 17.0 Å². The molecule has 1 unspecified atom stereocenters. The van der Waals surface area contributed by atoms with Gasteiger partial charge in [0.2, 0.25) is 0 Å². The van der Waals surface area contributed by atoms with Crippen molar-refractivity contribution in [3.05, 3.63) is 35.9 Å². The van der Waals surface area contributed by atoms with Crippen LogP contribution in [0.5, 0.6) is 0 Å². The topological polar surface area (TPSA) is 0 Å². The van der Waals surface area contributed by atoms with Crippen LogP contribution in [0.25, 0.3) is 0 Å². The molecule has 0 spiro atoms. The van der Waals surface area contributed by atoms with E-state index in [0.29, 0.717) is 0 Å². The lowest BCUT2D eigenvalue weighted by Crippen LogP contribution is -3.00. The molecular formula is C17H30BrN. The average Bonchev–Trinajstić information content (AvgIpc) is 2.42. The Hall–Kier alpha value is -0.340. The first-order valence-electron chi connectivity index (χ1n) is 7.58. The van der Waals surface area contributed by atoms with Crippen LogP contribution in [0.3, 0.4) is 0 Å². The number of benzene rings is 1. The van der Waals surface area contributed by atoms with Crippen molar-refractivity contribution in [2.75, 3.05) is 19.6 Å². The highest BCUT2D eigenvalue weighted by Crippen LogP contribution is 2.18. The molecule has 0 heterocycles. The lowest BCUT2D eigenvalue weighted by molar-refractivity contribution is -0.945. The molecule has 2 heteroatoms. The van der Waals surface area contributed by atoms with Crippen molar-refractivity contribution in [3.8, 4) is 0 Å². The standard InChI is InChI=1S/C17H30N.BrH/c1-5-18(6-2,7-3)16(4)12-11-15-17-13-9-8-10-14-17;/h8-10,13-14,16H,5-7,11-12,15H2,1-4H3;1H/q+1;/p-1. The largest absolute Gasteiger partial charge is 1.00 e. The molecule has 0 fully saturated rings. The highest BCUT2D eigenvalue weighted by molar-refractivity contribution is 5.14. The highest BCUT2D eigenvalue weighted by Gasteiger charge is 2.27. The van der Waals surface area contributed by atoms with E-state index in [1.54, 1.807) is 0 Å². The van der Waals surface area contributed by atoms with Crippen molar-refractivity contribution >= 4 is 0 Å². The third kappa shape index (κ3) is 5.27. The predicted octanol–water partition coefficient (Wildman–Crippen LogP) is 1.28. The van der Waals surface area contributed by atoms with Crippen LogP contribution in [-0.4, -0.2) is 30.2 Å². The van der Waals surface area contributed by atoms with Gasteiger partial charge in [-0.05, 0) is 52.5 Å². The SMILES string of the molecule is CC[N+](CC)(CC)C(C)CCCc1ccccc1.[Br-]. The summed E-state index contributed by atoms with van der Waals surface area (Å²) in [6.45, 7) is 13.2. The molecule has 0 aliphatic carbocycles. The second-order valence-corrected chi connectivity index (χ2v) is 5.39. The summed E-state index contributed by atoms with van der Waals surface area (Å²) in [5, 5.41) is 0. The lowest BCUT2D eigenvalue weighted by atomic mass is 10.0. The molecule has 0 saturated carbocycles. The third-order valence-electron chi connectivity index (χ3n) is 4.75. The monoisotopic (exact) mass is 327 g/mol. The summed E-state index contributed by atoms with van der Waals surface area (Å²) in [6, 6.07) is 11.7. The minimum Gasteiger partial charge on any atom is -1.00 e. The molecule has 110 valence electrons. The van der Waals surface area contributed by atoms with E-state index in [1.807, 2.05) is 0 Å². The first-order valence-corrected chi connectivity index (χ1v) is 7.58. The molecule has 0 aliphatic rings. The molecule has 0 aliphatic heterocycles. The van der Waals surface area contributed by atoms with E-state index < -0.39 is 0 Å². The first-order chi connectivity index (χ1) is 8.68. The van der Waals surface area contributed by atoms with E-state index >= 15 is 0 Å². The fraction of sp³-hybridized carbons (Fsp3) is 0.647. The Morgan fingerprint density at radius 1 is 0.947 bits per heavy atom. The summed E-state index contributed by atoms with van der Waals surface area (Å²) in [7, 11) is 0. The van der Waals surface area contributed by atoms with Gasteiger partial charge in [0, 0.05) is 0 Å². The molecule has 0 saturated heterocycles. The summed E-state index contributed by atoms with van der Waals surface area (Å²) in [6.07, 6.45) is 3.87. The summed E-state index contributed by atoms with van der Waals surface area (Å²) in [4.78, 5) is 0. The number of hydrogen-bond donors (Lipinski definition) is 0. The molecular weight excluding hydrogens is 298 g/mol. The minimum absolute atomic E-state index is 0. The van der Waals surface area contributed by atoms with Crippen LogP contribution < -0.4 is 17.0 Å². The van der Waals surface area contributed by atoms with Gasteiger partial charge >= 0.3 is 0 Å². The summed E-state index contributed by atoms with van der Waals surface area (Å²) >= 11 is 0. The second kappa shape index (κ2) is 9.55. The van der Waals surface area contributed by atoms with E-state index in [0.717, 1.165) is 6.04 Å². The zero-order chi connectivity index (χ0) is 13.4. The van der Waals surface area contributed by atoms with E-state index in [4.69, 9.17) is 0 Å². The fourth-order valence-electron chi connectivity index (χ4n) is 3.13. The Balaban J connectivity index is 0.00000324. The predicted molar refractivity (Wildman–Crippen MR) is 80.7 cm³/mol. The van der Waals surface area contributed by atoms with Crippen molar-refractivity contribution in [2.45, 2.75) is 53.0 Å². The molecule has 1 rings (SSSR count). The van der Waals surface area contributed by atoms with Gasteiger partial charge in [0.15, 0.2) is 0 Å². The number of halogens is 1. The Kier molecular flexibility index (Phi) is 9.38. The zero-order valence-electron chi connectivity index (χ0n) is 13.0. The van der Waals surface area contributed by atoms with Gasteiger partial charge in [0.1, 0.15) is 0 Å². The molecule has 1 atom stereocenters. The fourth-order valence-corrected chi connectivity index (χ4v) is 3.13. The van der Waals surface area contributed by atoms with Crippen LogP contribution in [0.15, 0.2) is 30.3 Å². The van der Waals surface area contributed by atoms with Crippen LogP contribution in [0.4, 0.5) is 0 Å². The maximum atomic E-state index is 2.43. The first kappa shape index (κ1) is 18.7. The van der Waals surface area contributed by atoms with Gasteiger partial charge in [-0.3, -0.25) is 0 Å². The number of hydrogen-bond acceptors (Lipinski definition) is 0. The Labute approximate surface area is 130 Å². The van der Waals surface area contributed by atoms with Gasteiger partial charge in [-0.25, -0.2) is 0 Å². The number of aryl methyl sites for hydroxylation is 1. The maximum Gasteiger partial charge on any atom is 0.0861 e. The van der Waals surface area contributed by atoms with E-state index in [9.17, 15) is 0 Å². The smallest absolute Gasteiger partial charge is 0.0861 e. The van der Waals surface area contributed by atoms with Crippen molar-refractivity contribution in [2.24, 2.45) is 0 Å². The summed E-state index contributed by atoms with van der Waals surface area (Å²) < 4.78 is 1.27. The molecule has 1 aromatic carbocycles. The average molecular weight is 328 g/mol. The van der Waals surface area contributed by atoms with Crippen LogP contribution in [-0.2, 0) is 6.42 Å². The molecule has 0 bridgehead atoms. The van der Waals surface area contributed by atoms with Crippen molar-refractivity contribution in [1.29, 1.82) is 0 Å². The van der Waals surface area contributed by atoms with Gasteiger partial charge in [0.25, 0.3) is 0 Å². The van der Waals surface area contributed by atoms with Crippen LogP contribution in [0.2, 0.25) is 0 Å². The molecule has 0 radical (unpaired) electrons. The Morgan fingerprint density at radius 3 is 1.95 bits per heavy atom. The van der Waals surface area contributed by atoms with Gasteiger partial charge in [-0.15, -0.1) is 0 Å². The maximum absolute atomic E-state index is 2.43. The molecule has 0 aromatic heterocycles. The quantitative estimate of drug-likeness (QED) is 0.631. The van der Waals surface area contributed by atoms with Crippen LogP contribution in [0.1, 0.15) is 46.1 Å². The van der Waals surface area contributed by atoms with Gasteiger partial charge < -0.3 is 21.5 Å². The number of rotatable bonds is 8. The normalized spacial score (nSPS) is 12.8. The summed E-state index contributed by atoms with van der Waals surface area (Å²) in [5.41, 5.74) is 1.48. The molecule has 0 N–H and O–H groups in total. The Morgan fingerprint density at radius 2 is 1.47 bits per heavy atom. The minimum atomic E-state index is 0. The van der Waals surface area contributed by atoms with E-state index in [1.165, 1.54) is 48.9 Å². The number of quaternary nitrogens is 1. The number of nitrogens with zero attached hydrogens (tertiary/aromatic N) is 1. The molecule has 1 nitrogen and oxygen atoms in total.